The fourth-order valence-corrected chi connectivity index (χ4v) is 8.33. The van der Waals surface area contributed by atoms with Crippen LogP contribution < -0.4 is 5.32 Å². The Morgan fingerprint density at radius 2 is 1.67 bits per heavy atom. The number of anilines is 1. The minimum Gasteiger partial charge on any atom is -0.390 e. The molecular weight excluding hydrogens is 370 g/mol. The molecule has 0 spiro atoms. The van der Waals surface area contributed by atoms with Gasteiger partial charge in [0.2, 0.25) is 5.91 Å². The van der Waals surface area contributed by atoms with Crippen molar-refractivity contribution in [3.63, 3.8) is 0 Å². The zero-order chi connectivity index (χ0) is 20.9. The van der Waals surface area contributed by atoms with Crippen molar-refractivity contribution in [1.82, 2.24) is 0 Å². The maximum absolute atomic E-state index is 13.0. The van der Waals surface area contributed by atoms with Crippen molar-refractivity contribution < 1.29 is 9.90 Å². The molecule has 3 nitrogen and oxygen atoms in total. The fraction of sp³-hybridized carbons (Fsp3) is 0.741. The monoisotopic (exact) mass is 409 g/mol. The van der Waals surface area contributed by atoms with Gasteiger partial charge in [0, 0.05) is 11.6 Å². The summed E-state index contributed by atoms with van der Waals surface area (Å²) in [6, 6.07) is 9.92. The molecule has 0 aromatic heterocycles. The van der Waals surface area contributed by atoms with E-state index in [4.69, 9.17) is 0 Å². The van der Waals surface area contributed by atoms with Crippen LogP contribution in [0.2, 0.25) is 0 Å². The van der Waals surface area contributed by atoms with E-state index >= 15 is 0 Å². The van der Waals surface area contributed by atoms with E-state index < -0.39 is 5.60 Å². The smallest absolute Gasteiger partial charge is 0.227 e. The van der Waals surface area contributed by atoms with Gasteiger partial charge in [-0.1, -0.05) is 25.1 Å². The summed E-state index contributed by atoms with van der Waals surface area (Å²) in [5.41, 5.74) is 0.817. The Bertz CT molecular complexity index is 774. The molecule has 164 valence electrons. The topological polar surface area (TPSA) is 49.3 Å². The standard InChI is InChI=1S/C27H39NO2/c1-26-14-12-22-21-13-15-27(2,30)17-18(21)8-10-23(22)24(26)11-9-19(16-26)25(29)28-20-6-4-3-5-7-20/h3-7,18-19,21-24,30H,8-17H2,1-2H3,(H,28,29)/t18-,19+,21+,22-,23-,24+,26-,27-/m1/s1. The number of carbonyl (C=O) groups is 1. The molecule has 3 heteroatoms. The van der Waals surface area contributed by atoms with Gasteiger partial charge in [0.15, 0.2) is 0 Å². The van der Waals surface area contributed by atoms with Crippen LogP contribution in [-0.4, -0.2) is 16.6 Å². The van der Waals surface area contributed by atoms with Gasteiger partial charge in [0.25, 0.3) is 0 Å². The number of fused-ring (bicyclic) bond motifs is 5. The zero-order valence-corrected chi connectivity index (χ0v) is 18.8. The second-order valence-corrected chi connectivity index (χ2v) is 11.7. The number of benzene rings is 1. The van der Waals surface area contributed by atoms with Crippen molar-refractivity contribution >= 4 is 11.6 Å². The molecule has 4 aliphatic carbocycles. The van der Waals surface area contributed by atoms with E-state index in [0.717, 1.165) is 61.0 Å². The average Bonchev–Trinajstić information content (AvgIpc) is 2.72. The lowest BCUT2D eigenvalue weighted by Crippen LogP contribution is -2.53. The highest BCUT2D eigenvalue weighted by Crippen LogP contribution is 2.62. The number of carbonyl (C=O) groups excluding carboxylic acids is 1. The molecule has 0 saturated heterocycles. The Morgan fingerprint density at radius 1 is 0.900 bits per heavy atom. The highest BCUT2D eigenvalue weighted by atomic mass is 16.3. The molecule has 0 aliphatic heterocycles. The lowest BCUT2D eigenvalue weighted by molar-refractivity contribution is -0.133. The van der Waals surface area contributed by atoms with Crippen LogP contribution >= 0.6 is 0 Å². The van der Waals surface area contributed by atoms with Crippen molar-refractivity contribution in [3.8, 4) is 0 Å². The van der Waals surface area contributed by atoms with Crippen molar-refractivity contribution in [3.05, 3.63) is 30.3 Å². The molecule has 0 heterocycles. The summed E-state index contributed by atoms with van der Waals surface area (Å²) in [5, 5.41) is 13.7. The van der Waals surface area contributed by atoms with Gasteiger partial charge in [-0.2, -0.15) is 0 Å². The van der Waals surface area contributed by atoms with Crippen molar-refractivity contribution in [2.24, 2.45) is 40.9 Å². The number of nitrogens with one attached hydrogen (secondary N) is 1. The van der Waals surface area contributed by atoms with Gasteiger partial charge in [-0.05, 0) is 118 Å². The van der Waals surface area contributed by atoms with Gasteiger partial charge in [-0.15, -0.1) is 0 Å². The largest absolute Gasteiger partial charge is 0.390 e. The summed E-state index contributed by atoms with van der Waals surface area (Å²) in [6.45, 7) is 4.54. The van der Waals surface area contributed by atoms with Crippen LogP contribution in [0.25, 0.3) is 0 Å². The second kappa shape index (κ2) is 7.65. The summed E-state index contributed by atoms with van der Waals surface area (Å²) in [6.07, 6.45) is 11.8. The summed E-state index contributed by atoms with van der Waals surface area (Å²) in [4.78, 5) is 13.0. The number of amides is 1. The highest BCUT2D eigenvalue weighted by molar-refractivity contribution is 5.92. The molecule has 1 aromatic rings. The minimum atomic E-state index is -0.429. The first-order valence-electron chi connectivity index (χ1n) is 12.4. The van der Waals surface area contributed by atoms with Crippen LogP contribution in [0.15, 0.2) is 30.3 Å². The molecule has 1 amide bonds. The van der Waals surface area contributed by atoms with E-state index in [1.54, 1.807) is 0 Å². The quantitative estimate of drug-likeness (QED) is 0.626. The van der Waals surface area contributed by atoms with E-state index in [1.165, 1.54) is 38.5 Å². The lowest BCUT2D eigenvalue weighted by Gasteiger charge is -2.59. The normalized spacial score (nSPS) is 45.6. The lowest BCUT2D eigenvalue weighted by atomic mass is 9.46. The maximum Gasteiger partial charge on any atom is 0.227 e. The third-order valence-corrected chi connectivity index (χ3v) is 9.71. The van der Waals surface area contributed by atoms with Crippen LogP contribution in [0, 0.1) is 40.9 Å². The molecule has 4 aliphatic rings. The fourth-order valence-electron chi connectivity index (χ4n) is 8.33. The molecule has 4 fully saturated rings. The van der Waals surface area contributed by atoms with E-state index in [9.17, 15) is 9.90 Å². The van der Waals surface area contributed by atoms with E-state index in [-0.39, 0.29) is 11.8 Å². The van der Waals surface area contributed by atoms with Gasteiger partial charge >= 0.3 is 0 Å². The van der Waals surface area contributed by atoms with Gasteiger partial charge in [-0.25, -0.2) is 0 Å². The second-order valence-electron chi connectivity index (χ2n) is 11.7. The summed E-state index contributed by atoms with van der Waals surface area (Å²) in [7, 11) is 0. The Morgan fingerprint density at radius 3 is 2.47 bits per heavy atom. The van der Waals surface area contributed by atoms with E-state index in [0.29, 0.717) is 5.41 Å². The molecule has 4 saturated carbocycles. The predicted octanol–water partition coefficient (Wildman–Crippen LogP) is 6.04. The Hall–Kier alpha value is -1.35. The molecule has 5 rings (SSSR count). The Labute approximate surface area is 182 Å². The maximum atomic E-state index is 13.0. The Balaban J connectivity index is 1.26. The van der Waals surface area contributed by atoms with Gasteiger partial charge in [0.05, 0.1) is 5.60 Å². The number of rotatable bonds is 2. The van der Waals surface area contributed by atoms with E-state index in [2.05, 4.69) is 19.2 Å². The third-order valence-electron chi connectivity index (χ3n) is 9.71. The summed E-state index contributed by atoms with van der Waals surface area (Å²) in [5.74, 6) is 4.48. The molecule has 0 bridgehead atoms. The third kappa shape index (κ3) is 3.72. The van der Waals surface area contributed by atoms with Crippen molar-refractivity contribution in [2.45, 2.75) is 83.7 Å². The summed E-state index contributed by atoms with van der Waals surface area (Å²) >= 11 is 0. The van der Waals surface area contributed by atoms with Gasteiger partial charge < -0.3 is 10.4 Å². The van der Waals surface area contributed by atoms with Gasteiger partial charge in [0.1, 0.15) is 0 Å². The van der Waals surface area contributed by atoms with Crippen LogP contribution in [0.1, 0.15) is 78.1 Å². The molecule has 2 N–H and O–H groups in total. The molecular formula is C27H39NO2. The number of hydrogen-bond donors (Lipinski definition) is 2. The zero-order valence-electron chi connectivity index (χ0n) is 18.8. The Kier molecular flexibility index (Phi) is 5.24. The number of hydrogen-bond acceptors (Lipinski definition) is 2. The van der Waals surface area contributed by atoms with Crippen molar-refractivity contribution in [2.75, 3.05) is 5.32 Å². The molecule has 8 atom stereocenters. The molecule has 1 aromatic carbocycles. The van der Waals surface area contributed by atoms with Crippen LogP contribution in [-0.2, 0) is 4.79 Å². The first-order valence-corrected chi connectivity index (χ1v) is 12.4. The number of aliphatic hydroxyl groups is 1. The predicted molar refractivity (Wildman–Crippen MR) is 121 cm³/mol. The van der Waals surface area contributed by atoms with Crippen LogP contribution in [0.3, 0.4) is 0 Å². The SMILES string of the molecule is C[C@@]1(O)CC[C@H]2[C@H](CC[C@@H]3[C@@H]2CC[C@]2(C)C[C@@H](C(=O)Nc4ccccc4)CC[C@@H]32)C1. The van der Waals surface area contributed by atoms with Crippen LogP contribution in [0.4, 0.5) is 5.69 Å². The molecule has 0 unspecified atom stereocenters. The summed E-state index contributed by atoms with van der Waals surface area (Å²) < 4.78 is 0. The first-order chi connectivity index (χ1) is 14.3. The minimum absolute atomic E-state index is 0.157. The molecule has 30 heavy (non-hydrogen) atoms. The first kappa shape index (κ1) is 20.5. The van der Waals surface area contributed by atoms with Crippen LogP contribution in [0.5, 0.6) is 0 Å². The highest BCUT2D eigenvalue weighted by Gasteiger charge is 2.55. The van der Waals surface area contributed by atoms with Crippen molar-refractivity contribution in [1.29, 1.82) is 0 Å². The average molecular weight is 410 g/mol. The molecule has 0 radical (unpaired) electrons. The van der Waals surface area contributed by atoms with Gasteiger partial charge in [-0.3, -0.25) is 4.79 Å². The number of para-hydroxylation sites is 1. The van der Waals surface area contributed by atoms with E-state index in [1.807, 2.05) is 30.3 Å².